The lowest BCUT2D eigenvalue weighted by molar-refractivity contribution is -0.161. The third kappa shape index (κ3) is 36.6. The average Bonchev–Trinajstić information content (AvgIpc) is 3.15. The number of phosphoric ester groups is 1. The van der Waals surface area contributed by atoms with Gasteiger partial charge in [-0.3, -0.25) is 18.6 Å². The van der Waals surface area contributed by atoms with Gasteiger partial charge in [0.15, 0.2) is 6.10 Å². The van der Waals surface area contributed by atoms with Gasteiger partial charge in [-0.2, -0.15) is 0 Å². The van der Waals surface area contributed by atoms with Gasteiger partial charge in [0.2, 0.25) is 0 Å². The molecule has 0 amide bonds. The van der Waals surface area contributed by atoms with Crippen LogP contribution in [0.15, 0.2) is 60.8 Å². The number of unbranched alkanes of at least 4 members (excludes halogenated alkanes) is 13. The molecule has 12 heteroatoms. The van der Waals surface area contributed by atoms with E-state index in [-0.39, 0.29) is 19.4 Å². The zero-order valence-electron chi connectivity index (χ0n) is 33.3. The minimum atomic E-state index is -4.65. The topological polar surface area (TPSA) is 169 Å². The maximum Gasteiger partial charge on any atom is 0.472 e. The molecule has 0 rings (SSSR count). The fraction of sp³-hybridized carbons (Fsp3) is 0.714. The summed E-state index contributed by atoms with van der Waals surface area (Å²) in [6.07, 6.45) is 36.3. The van der Waals surface area contributed by atoms with Crippen LogP contribution < -0.4 is 0 Å². The van der Waals surface area contributed by atoms with Crippen LogP contribution in [0.1, 0.15) is 149 Å². The maximum absolute atomic E-state index is 12.6. The van der Waals surface area contributed by atoms with Crippen LogP contribution in [0, 0.1) is 0 Å². The molecule has 0 aliphatic rings. The second-order valence-electron chi connectivity index (χ2n) is 13.5. The van der Waals surface area contributed by atoms with Gasteiger partial charge in [-0.1, -0.05) is 139 Å². The van der Waals surface area contributed by atoms with Crippen molar-refractivity contribution in [1.29, 1.82) is 0 Å². The van der Waals surface area contributed by atoms with Gasteiger partial charge in [-0.05, 0) is 57.8 Å². The number of rotatable bonds is 37. The maximum atomic E-state index is 12.6. The van der Waals surface area contributed by atoms with E-state index in [4.69, 9.17) is 19.1 Å². The molecule has 0 radical (unpaired) electrons. The summed E-state index contributed by atoms with van der Waals surface area (Å²) in [4.78, 5) is 34.9. The highest BCUT2D eigenvalue weighted by molar-refractivity contribution is 7.47. The van der Waals surface area contributed by atoms with Crippen LogP contribution in [-0.2, 0) is 32.7 Å². The highest BCUT2D eigenvalue weighted by Gasteiger charge is 2.27. The van der Waals surface area contributed by atoms with Gasteiger partial charge in [0.25, 0.3) is 0 Å². The molecule has 0 aromatic heterocycles. The summed E-state index contributed by atoms with van der Waals surface area (Å²) in [7, 11) is -4.65. The van der Waals surface area contributed by atoms with Crippen LogP contribution in [0.3, 0.4) is 0 Å². The Morgan fingerprint density at radius 3 is 1.87 bits per heavy atom. The second-order valence-corrected chi connectivity index (χ2v) is 15.0. The SMILES string of the molecule is CC/C=C/C/C=C/C=C/C(O)CCCCCCCC(=O)O[C@H](COC(=O)CCCCCCC/C=C\C=C/CCCCCC)COP(=O)(O)OC[C@@H](O)CO. The first kappa shape index (κ1) is 51.6. The monoisotopic (exact) mass is 784 g/mol. The number of aliphatic hydroxyl groups is 3. The molecule has 0 bridgehead atoms. The molecule has 2 unspecified atom stereocenters. The van der Waals surface area contributed by atoms with Crippen LogP contribution in [0.2, 0.25) is 0 Å². The van der Waals surface area contributed by atoms with Crippen molar-refractivity contribution in [2.24, 2.45) is 0 Å². The van der Waals surface area contributed by atoms with Crippen LogP contribution in [0.5, 0.6) is 0 Å². The lowest BCUT2D eigenvalue weighted by atomic mass is 10.1. The number of carbonyl (C=O) groups excluding carboxylic acids is 2. The van der Waals surface area contributed by atoms with E-state index >= 15 is 0 Å². The van der Waals surface area contributed by atoms with Gasteiger partial charge in [0.1, 0.15) is 12.7 Å². The van der Waals surface area contributed by atoms with Crippen molar-refractivity contribution in [3.8, 4) is 0 Å². The zero-order chi connectivity index (χ0) is 40.0. The molecular formula is C42H73O11P. The lowest BCUT2D eigenvalue weighted by Crippen LogP contribution is -2.29. The Morgan fingerprint density at radius 1 is 0.648 bits per heavy atom. The van der Waals surface area contributed by atoms with E-state index in [0.717, 1.165) is 77.0 Å². The standard InChI is InChI=1S/C42H73O11P/c1-3-5-7-9-11-12-13-14-15-16-17-18-20-24-28-32-41(46)50-36-40(37-52-54(48,49)51-35-39(45)34-43)53-42(47)33-29-25-21-23-27-31-38(44)30-26-22-19-10-8-6-4-2/h6,8,12-15,19,22,26,30,38-40,43-45H,3-5,7,9-11,16-18,20-21,23-25,27-29,31-37H2,1-2H3,(H,48,49)/b8-6+,13-12-,15-14-,22-19+,30-26+/t38?,39-,40+/m0/s1. The van der Waals surface area contributed by atoms with Crippen LogP contribution >= 0.6 is 7.82 Å². The van der Waals surface area contributed by atoms with E-state index in [9.17, 15) is 29.3 Å². The highest BCUT2D eigenvalue weighted by Crippen LogP contribution is 2.43. The fourth-order valence-electron chi connectivity index (χ4n) is 5.11. The molecule has 0 heterocycles. The van der Waals surface area contributed by atoms with Crippen molar-refractivity contribution in [3.63, 3.8) is 0 Å². The summed E-state index contributed by atoms with van der Waals surface area (Å²) in [5.41, 5.74) is 0. The highest BCUT2D eigenvalue weighted by atomic mass is 31.2. The molecule has 0 aromatic carbocycles. The number of allylic oxidation sites excluding steroid dienone is 9. The minimum Gasteiger partial charge on any atom is -0.462 e. The Bertz CT molecular complexity index is 1100. The number of phosphoric acid groups is 1. The average molecular weight is 785 g/mol. The van der Waals surface area contributed by atoms with E-state index in [1.54, 1.807) is 6.08 Å². The van der Waals surface area contributed by atoms with Gasteiger partial charge in [-0.15, -0.1) is 0 Å². The molecule has 4 atom stereocenters. The predicted molar refractivity (Wildman–Crippen MR) is 216 cm³/mol. The largest absolute Gasteiger partial charge is 0.472 e. The summed E-state index contributed by atoms with van der Waals surface area (Å²) in [6, 6.07) is 0. The van der Waals surface area contributed by atoms with E-state index in [1.807, 2.05) is 18.2 Å². The van der Waals surface area contributed by atoms with Gasteiger partial charge in [0.05, 0.1) is 25.9 Å². The fourth-order valence-corrected chi connectivity index (χ4v) is 5.90. The Hall–Kier alpha value is -2.37. The first-order chi connectivity index (χ1) is 26.1. The number of ether oxygens (including phenoxy) is 2. The van der Waals surface area contributed by atoms with E-state index < -0.39 is 57.9 Å². The molecule has 4 N–H and O–H groups in total. The molecule has 11 nitrogen and oxygen atoms in total. The Morgan fingerprint density at radius 2 is 1.22 bits per heavy atom. The van der Waals surface area contributed by atoms with Crippen molar-refractivity contribution in [2.45, 2.75) is 167 Å². The van der Waals surface area contributed by atoms with E-state index in [2.05, 4.69) is 54.8 Å². The summed E-state index contributed by atoms with van der Waals surface area (Å²) in [6.45, 7) is 2.07. The van der Waals surface area contributed by atoms with Gasteiger partial charge in [-0.25, -0.2) is 4.57 Å². The third-order valence-electron chi connectivity index (χ3n) is 8.29. The molecule has 0 aliphatic heterocycles. The van der Waals surface area contributed by atoms with Gasteiger partial charge >= 0.3 is 19.8 Å². The molecule has 0 fully saturated rings. The van der Waals surface area contributed by atoms with Crippen molar-refractivity contribution in [1.82, 2.24) is 0 Å². The number of aliphatic hydroxyl groups excluding tert-OH is 3. The van der Waals surface area contributed by atoms with Crippen LogP contribution in [0.4, 0.5) is 0 Å². The van der Waals surface area contributed by atoms with E-state index in [0.29, 0.717) is 19.3 Å². The number of esters is 2. The summed E-state index contributed by atoms with van der Waals surface area (Å²) in [5.74, 6) is -1.03. The second kappa shape index (κ2) is 37.5. The molecule has 0 aromatic rings. The summed E-state index contributed by atoms with van der Waals surface area (Å²) in [5, 5.41) is 28.4. The minimum absolute atomic E-state index is 0.108. The molecule has 0 aliphatic carbocycles. The first-order valence-electron chi connectivity index (χ1n) is 20.4. The lowest BCUT2D eigenvalue weighted by Gasteiger charge is -2.20. The van der Waals surface area contributed by atoms with Crippen molar-refractivity contribution >= 4 is 19.8 Å². The van der Waals surface area contributed by atoms with Gasteiger partial charge in [0, 0.05) is 12.8 Å². The first-order valence-corrected chi connectivity index (χ1v) is 21.9. The quantitative estimate of drug-likeness (QED) is 0.0156. The number of carbonyl (C=O) groups is 2. The summed E-state index contributed by atoms with van der Waals surface area (Å²) < 4.78 is 32.6. The van der Waals surface area contributed by atoms with Crippen molar-refractivity contribution in [3.05, 3.63) is 60.8 Å². The van der Waals surface area contributed by atoms with Crippen molar-refractivity contribution in [2.75, 3.05) is 26.4 Å². The number of hydrogen-bond acceptors (Lipinski definition) is 10. The molecule has 312 valence electrons. The molecule has 0 saturated carbocycles. The van der Waals surface area contributed by atoms with Crippen LogP contribution in [-0.4, -0.2) is 76.9 Å². The molecule has 0 saturated heterocycles. The Kier molecular flexibility index (Phi) is 35.9. The molecule has 0 spiro atoms. The molecule has 54 heavy (non-hydrogen) atoms. The normalized spacial score (nSPS) is 15.1. The van der Waals surface area contributed by atoms with Crippen molar-refractivity contribution < 1.29 is 52.9 Å². The Balaban J connectivity index is 4.47. The zero-order valence-corrected chi connectivity index (χ0v) is 34.2. The molecular weight excluding hydrogens is 711 g/mol. The smallest absolute Gasteiger partial charge is 0.462 e. The van der Waals surface area contributed by atoms with Crippen LogP contribution in [0.25, 0.3) is 0 Å². The Labute approximate surface area is 326 Å². The predicted octanol–water partition coefficient (Wildman–Crippen LogP) is 9.30. The summed E-state index contributed by atoms with van der Waals surface area (Å²) >= 11 is 0. The van der Waals surface area contributed by atoms with Gasteiger partial charge < -0.3 is 29.7 Å². The number of hydrogen-bond donors (Lipinski definition) is 4. The van der Waals surface area contributed by atoms with E-state index in [1.165, 1.54) is 25.7 Å². The third-order valence-corrected chi connectivity index (χ3v) is 9.24.